The Hall–Kier alpha value is -3.36. The van der Waals surface area contributed by atoms with Crippen molar-refractivity contribution in [2.75, 3.05) is 18.4 Å². The van der Waals surface area contributed by atoms with Crippen LogP contribution >= 0.6 is 11.6 Å². The number of anilines is 1. The van der Waals surface area contributed by atoms with E-state index in [1.807, 2.05) is 43.3 Å². The highest BCUT2D eigenvalue weighted by Crippen LogP contribution is 2.39. The van der Waals surface area contributed by atoms with E-state index >= 15 is 0 Å². The minimum Gasteiger partial charge on any atom is -0.374 e. The molecule has 1 fully saturated rings. The molecule has 0 aliphatic carbocycles. The predicted molar refractivity (Wildman–Crippen MR) is 119 cm³/mol. The van der Waals surface area contributed by atoms with Crippen molar-refractivity contribution in [2.24, 2.45) is 0 Å². The van der Waals surface area contributed by atoms with Crippen LogP contribution in [0.1, 0.15) is 23.1 Å². The number of pyridine rings is 1. The second-order valence-corrected chi connectivity index (χ2v) is 7.98. The molecule has 2 heterocycles. The lowest BCUT2D eigenvalue weighted by Gasteiger charge is -2.34. The molecule has 0 radical (unpaired) electrons. The molecule has 1 aliphatic heterocycles. The molecule has 30 heavy (non-hydrogen) atoms. The SMILES string of the molecule is C=CC(=O)N1CC[C@](Nc2ccc3cc(C#N)cnc3c2)(c2cccc(Cl)c2C)C1. The maximum atomic E-state index is 12.3. The summed E-state index contributed by atoms with van der Waals surface area (Å²) < 4.78 is 0. The summed E-state index contributed by atoms with van der Waals surface area (Å²) in [5.74, 6) is -0.0810. The topological polar surface area (TPSA) is 69.0 Å². The summed E-state index contributed by atoms with van der Waals surface area (Å²) in [6.07, 6.45) is 3.67. The van der Waals surface area contributed by atoms with Crippen molar-refractivity contribution in [3.05, 3.63) is 83.0 Å². The molecule has 2 aromatic carbocycles. The Morgan fingerprint density at radius 2 is 2.20 bits per heavy atom. The summed E-state index contributed by atoms with van der Waals surface area (Å²) in [6, 6.07) is 15.7. The van der Waals surface area contributed by atoms with Gasteiger partial charge in [0, 0.05) is 35.4 Å². The first-order valence-corrected chi connectivity index (χ1v) is 10.1. The van der Waals surface area contributed by atoms with Crippen LogP contribution in [-0.4, -0.2) is 28.9 Å². The van der Waals surface area contributed by atoms with E-state index in [-0.39, 0.29) is 5.91 Å². The molecule has 6 heteroatoms. The first kappa shape index (κ1) is 19.9. The number of nitriles is 1. The largest absolute Gasteiger partial charge is 0.374 e. The molecule has 0 bridgehead atoms. The summed E-state index contributed by atoms with van der Waals surface area (Å²) in [6.45, 7) is 6.77. The number of nitrogens with one attached hydrogen (secondary N) is 1. The highest BCUT2D eigenvalue weighted by molar-refractivity contribution is 6.31. The second-order valence-electron chi connectivity index (χ2n) is 7.58. The van der Waals surface area contributed by atoms with Crippen molar-refractivity contribution in [1.29, 1.82) is 5.26 Å². The average Bonchev–Trinajstić information content (AvgIpc) is 3.19. The van der Waals surface area contributed by atoms with Gasteiger partial charge in [0.2, 0.25) is 5.91 Å². The van der Waals surface area contributed by atoms with Crippen molar-refractivity contribution in [1.82, 2.24) is 9.88 Å². The van der Waals surface area contributed by atoms with Gasteiger partial charge in [-0.2, -0.15) is 5.26 Å². The van der Waals surface area contributed by atoms with Gasteiger partial charge in [-0.15, -0.1) is 0 Å². The summed E-state index contributed by atoms with van der Waals surface area (Å²) in [5, 5.41) is 14.4. The maximum absolute atomic E-state index is 12.3. The van der Waals surface area contributed by atoms with Crippen LogP contribution in [0.15, 0.2) is 61.3 Å². The van der Waals surface area contributed by atoms with E-state index in [1.165, 1.54) is 6.08 Å². The Kier molecular flexibility index (Phi) is 5.19. The van der Waals surface area contributed by atoms with E-state index in [0.717, 1.165) is 34.1 Å². The van der Waals surface area contributed by atoms with Crippen LogP contribution in [0.5, 0.6) is 0 Å². The van der Waals surface area contributed by atoms with E-state index in [2.05, 4.69) is 29.0 Å². The summed E-state index contributed by atoms with van der Waals surface area (Å²) in [7, 11) is 0. The highest BCUT2D eigenvalue weighted by atomic mass is 35.5. The Balaban J connectivity index is 1.76. The van der Waals surface area contributed by atoms with Crippen LogP contribution in [-0.2, 0) is 10.3 Å². The van der Waals surface area contributed by atoms with Crippen molar-refractivity contribution in [2.45, 2.75) is 18.9 Å². The summed E-state index contributed by atoms with van der Waals surface area (Å²) in [4.78, 5) is 18.5. The third kappa shape index (κ3) is 3.51. The molecule has 150 valence electrons. The van der Waals surface area contributed by atoms with Gasteiger partial charge >= 0.3 is 0 Å². The zero-order valence-corrected chi connectivity index (χ0v) is 17.4. The quantitative estimate of drug-likeness (QED) is 0.620. The van der Waals surface area contributed by atoms with Crippen molar-refractivity contribution < 1.29 is 4.79 Å². The van der Waals surface area contributed by atoms with Crippen molar-refractivity contribution >= 4 is 34.1 Å². The number of aromatic nitrogens is 1. The third-order valence-electron chi connectivity index (χ3n) is 5.74. The Morgan fingerprint density at radius 1 is 1.37 bits per heavy atom. The molecule has 1 aliphatic rings. The highest BCUT2D eigenvalue weighted by Gasteiger charge is 2.42. The van der Waals surface area contributed by atoms with Crippen molar-refractivity contribution in [3.63, 3.8) is 0 Å². The molecular formula is C24H21ClN4O. The van der Waals surface area contributed by atoms with E-state index in [9.17, 15) is 4.79 Å². The van der Waals surface area contributed by atoms with Crippen LogP contribution in [0.2, 0.25) is 5.02 Å². The normalized spacial score (nSPS) is 18.2. The van der Waals surface area contributed by atoms with Gasteiger partial charge in [-0.3, -0.25) is 9.78 Å². The second kappa shape index (κ2) is 7.81. The molecule has 4 rings (SSSR count). The molecule has 1 N–H and O–H groups in total. The van der Waals surface area contributed by atoms with Gasteiger partial charge in [-0.1, -0.05) is 36.4 Å². The fourth-order valence-electron chi connectivity index (χ4n) is 4.18. The van der Waals surface area contributed by atoms with Gasteiger partial charge in [-0.25, -0.2) is 0 Å². The molecule has 1 aromatic heterocycles. The predicted octanol–water partition coefficient (Wildman–Crippen LogP) is 4.79. The lowest BCUT2D eigenvalue weighted by molar-refractivity contribution is -0.125. The standard InChI is InChI=1S/C24H21ClN4O/c1-3-23(30)29-10-9-24(15-29,20-5-4-6-21(25)16(20)2)28-19-8-7-18-11-17(13-26)14-27-22(18)12-19/h3-8,11-12,14,28H,1,9-10,15H2,2H3/t24-/m1/s1. The van der Waals surface area contributed by atoms with Crippen LogP contribution in [0.3, 0.4) is 0 Å². The monoisotopic (exact) mass is 416 g/mol. The number of halogens is 1. The number of hydrogen-bond donors (Lipinski definition) is 1. The summed E-state index contributed by atoms with van der Waals surface area (Å²) >= 11 is 6.43. The van der Waals surface area contributed by atoms with Crippen molar-refractivity contribution in [3.8, 4) is 6.07 Å². The number of amides is 1. The molecule has 0 spiro atoms. The zero-order chi connectivity index (χ0) is 21.3. The van der Waals surface area contributed by atoms with Gasteiger partial charge in [0.25, 0.3) is 0 Å². The maximum Gasteiger partial charge on any atom is 0.246 e. The molecule has 1 atom stereocenters. The molecule has 5 nitrogen and oxygen atoms in total. The number of benzene rings is 2. The molecular weight excluding hydrogens is 396 g/mol. The Bertz CT molecular complexity index is 1200. The van der Waals surface area contributed by atoms with Gasteiger partial charge < -0.3 is 10.2 Å². The first-order chi connectivity index (χ1) is 14.5. The van der Waals surface area contributed by atoms with Crippen LogP contribution in [0.4, 0.5) is 5.69 Å². The van der Waals surface area contributed by atoms with Gasteiger partial charge in [0.15, 0.2) is 0 Å². The minimum atomic E-state index is -0.478. The van der Waals surface area contributed by atoms with Crippen LogP contribution in [0, 0.1) is 18.3 Å². The van der Waals surface area contributed by atoms with Crippen LogP contribution < -0.4 is 5.32 Å². The van der Waals surface area contributed by atoms with E-state index in [1.54, 1.807) is 11.1 Å². The number of nitrogens with zero attached hydrogens (tertiary/aromatic N) is 3. The van der Waals surface area contributed by atoms with E-state index in [0.29, 0.717) is 23.7 Å². The number of carbonyl (C=O) groups is 1. The Labute approximate surface area is 180 Å². The molecule has 1 amide bonds. The molecule has 0 unspecified atom stereocenters. The summed E-state index contributed by atoms with van der Waals surface area (Å²) in [5.41, 5.74) is 3.82. The number of carbonyl (C=O) groups excluding carboxylic acids is 1. The number of rotatable bonds is 4. The third-order valence-corrected chi connectivity index (χ3v) is 6.15. The van der Waals surface area contributed by atoms with Gasteiger partial charge in [0.05, 0.1) is 16.6 Å². The van der Waals surface area contributed by atoms with Gasteiger partial charge in [-0.05, 0) is 54.8 Å². The fourth-order valence-corrected chi connectivity index (χ4v) is 4.35. The van der Waals surface area contributed by atoms with Crippen LogP contribution in [0.25, 0.3) is 10.9 Å². The molecule has 3 aromatic rings. The number of fused-ring (bicyclic) bond motifs is 1. The first-order valence-electron chi connectivity index (χ1n) is 9.71. The smallest absolute Gasteiger partial charge is 0.246 e. The molecule has 0 saturated carbocycles. The zero-order valence-electron chi connectivity index (χ0n) is 16.7. The average molecular weight is 417 g/mol. The fraction of sp³-hybridized carbons (Fsp3) is 0.208. The minimum absolute atomic E-state index is 0.0810. The Morgan fingerprint density at radius 3 is 2.97 bits per heavy atom. The van der Waals surface area contributed by atoms with Gasteiger partial charge in [0.1, 0.15) is 6.07 Å². The lowest BCUT2D eigenvalue weighted by Crippen LogP contribution is -2.40. The van der Waals surface area contributed by atoms with E-state index in [4.69, 9.17) is 16.9 Å². The molecule has 1 saturated heterocycles. The number of hydrogen-bond acceptors (Lipinski definition) is 4. The lowest BCUT2D eigenvalue weighted by atomic mass is 9.85. The number of likely N-dealkylation sites (tertiary alicyclic amines) is 1. The van der Waals surface area contributed by atoms with E-state index < -0.39 is 5.54 Å².